The Morgan fingerprint density at radius 2 is 1.81 bits per heavy atom. The second-order valence-electron chi connectivity index (χ2n) is 8.11. The van der Waals surface area contributed by atoms with E-state index in [0.717, 1.165) is 31.2 Å². The van der Waals surface area contributed by atoms with Crippen molar-refractivity contribution in [3.63, 3.8) is 0 Å². The predicted molar refractivity (Wildman–Crippen MR) is 98.3 cm³/mol. The molecule has 1 fully saturated rings. The number of rotatable bonds is 6. The first-order chi connectivity index (χ1) is 12.3. The molecule has 1 N–H and O–H groups in total. The lowest BCUT2D eigenvalue weighted by Crippen LogP contribution is -2.62. The minimum absolute atomic E-state index is 0.175. The van der Waals surface area contributed by atoms with Gasteiger partial charge in [0.2, 0.25) is 0 Å². The van der Waals surface area contributed by atoms with Crippen molar-refractivity contribution in [2.75, 3.05) is 0 Å². The minimum atomic E-state index is -0.711. The summed E-state index contributed by atoms with van der Waals surface area (Å²) in [5, 5.41) is 0. The normalized spacial score (nSPS) is 23.1. The summed E-state index contributed by atoms with van der Waals surface area (Å²) >= 11 is 0. The molecule has 26 heavy (non-hydrogen) atoms. The zero-order chi connectivity index (χ0) is 19.2. The number of quaternary nitrogens is 1. The number of urea groups is 1. The zero-order valence-corrected chi connectivity index (χ0v) is 16.2. The first-order valence-corrected chi connectivity index (χ1v) is 9.28. The Labute approximate surface area is 156 Å². The standard InChI is InChI=1S/C20H30N2O4/c1-16-10-12-18(13-11-16)22(15-23,19(24)21-26-20(2,3)4)25-14-17-8-6-5-7-9-17/h5-9,15-16,18H,10-14H2,1-4H3/p+1. The molecule has 144 valence electrons. The van der Waals surface area contributed by atoms with Crippen molar-refractivity contribution in [2.45, 2.75) is 71.6 Å². The molecule has 1 atom stereocenters. The van der Waals surface area contributed by atoms with E-state index in [4.69, 9.17) is 9.68 Å². The van der Waals surface area contributed by atoms with Gasteiger partial charge in [0.25, 0.3) is 0 Å². The fourth-order valence-corrected chi connectivity index (χ4v) is 3.14. The number of hydroxylamine groups is 4. The third-order valence-electron chi connectivity index (χ3n) is 4.73. The molecule has 0 spiro atoms. The van der Waals surface area contributed by atoms with Crippen LogP contribution in [0, 0.1) is 5.92 Å². The molecular weight excluding hydrogens is 332 g/mol. The highest BCUT2D eigenvalue weighted by Crippen LogP contribution is 2.32. The van der Waals surface area contributed by atoms with E-state index in [1.54, 1.807) is 0 Å². The zero-order valence-electron chi connectivity index (χ0n) is 16.2. The Kier molecular flexibility index (Phi) is 6.92. The number of imide groups is 1. The number of nitrogens with zero attached hydrogens (tertiary/aromatic N) is 1. The fourth-order valence-electron chi connectivity index (χ4n) is 3.14. The summed E-state index contributed by atoms with van der Waals surface area (Å²) in [6.07, 6.45) is 4.07. The van der Waals surface area contributed by atoms with Crippen LogP contribution < -0.4 is 5.48 Å². The van der Waals surface area contributed by atoms with E-state index in [1.807, 2.05) is 51.1 Å². The maximum absolute atomic E-state index is 12.9. The molecule has 6 nitrogen and oxygen atoms in total. The van der Waals surface area contributed by atoms with E-state index in [0.29, 0.717) is 12.3 Å². The Bertz CT molecular complexity index is 592. The number of hydrogen-bond donors (Lipinski definition) is 1. The first kappa shape index (κ1) is 20.6. The topological polar surface area (TPSA) is 64.6 Å². The lowest BCUT2D eigenvalue weighted by atomic mass is 9.86. The van der Waals surface area contributed by atoms with Gasteiger partial charge in [0.15, 0.2) is 0 Å². The van der Waals surface area contributed by atoms with Crippen molar-refractivity contribution < 1.29 is 23.9 Å². The van der Waals surface area contributed by atoms with Crippen LogP contribution in [0.5, 0.6) is 0 Å². The molecule has 1 unspecified atom stereocenters. The second-order valence-corrected chi connectivity index (χ2v) is 8.11. The molecule has 1 saturated carbocycles. The van der Waals surface area contributed by atoms with Crippen LogP contribution in [0.1, 0.15) is 58.9 Å². The van der Waals surface area contributed by atoms with Crippen molar-refractivity contribution in [3.8, 4) is 0 Å². The van der Waals surface area contributed by atoms with Crippen LogP contribution in [0.4, 0.5) is 4.79 Å². The minimum Gasteiger partial charge on any atom is -0.263 e. The molecule has 0 bridgehead atoms. The summed E-state index contributed by atoms with van der Waals surface area (Å²) in [6, 6.07) is 8.75. The monoisotopic (exact) mass is 363 g/mol. The Balaban J connectivity index is 2.19. The predicted octanol–water partition coefficient (Wildman–Crippen LogP) is 4.11. The van der Waals surface area contributed by atoms with E-state index in [2.05, 4.69) is 12.4 Å². The third kappa shape index (κ3) is 5.37. The van der Waals surface area contributed by atoms with Gasteiger partial charge < -0.3 is 0 Å². The summed E-state index contributed by atoms with van der Waals surface area (Å²) in [6.45, 7) is 7.86. The number of amides is 3. The van der Waals surface area contributed by atoms with Crippen LogP contribution in [0.3, 0.4) is 0 Å². The van der Waals surface area contributed by atoms with Gasteiger partial charge in [-0.05, 0) is 49.7 Å². The molecule has 0 aromatic heterocycles. The van der Waals surface area contributed by atoms with E-state index in [1.165, 1.54) is 0 Å². The summed E-state index contributed by atoms with van der Waals surface area (Å²) < 4.78 is -0.711. The molecule has 0 saturated heterocycles. The van der Waals surface area contributed by atoms with E-state index < -0.39 is 16.3 Å². The number of hydrogen-bond acceptors (Lipinski definition) is 4. The van der Waals surface area contributed by atoms with Crippen molar-refractivity contribution >= 4 is 12.4 Å². The smallest absolute Gasteiger partial charge is 0.263 e. The molecule has 1 aromatic rings. The highest BCUT2D eigenvalue weighted by Gasteiger charge is 2.49. The number of carbonyl (C=O) groups excluding carboxylic acids is 2. The number of carbonyl (C=O) groups is 2. The molecule has 1 aromatic carbocycles. The van der Waals surface area contributed by atoms with Crippen LogP contribution in [0.15, 0.2) is 30.3 Å². The van der Waals surface area contributed by atoms with Gasteiger partial charge in [-0.25, -0.2) is 9.59 Å². The first-order valence-electron chi connectivity index (χ1n) is 9.28. The molecule has 6 heteroatoms. The van der Waals surface area contributed by atoms with Gasteiger partial charge in [0.05, 0.1) is 5.60 Å². The van der Waals surface area contributed by atoms with Gasteiger partial charge in [0.1, 0.15) is 12.6 Å². The molecule has 2 rings (SSSR count). The average molecular weight is 363 g/mol. The van der Waals surface area contributed by atoms with E-state index in [-0.39, 0.29) is 12.6 Å². The highest BCUT2D eigenvalue weighted by molar-refractivity contribution is 5.72. The Morgan fingerprint density at radius 3 is 2.35 bits per heavy atom. The van der Waals surface area contributed by atoms with Crippen LogP contribution in [0.25, 0.3) is 0 Å². The number of benzene rings is 1. The molecule has 1 aliphatic rings. The lowest BCUT2D eigenvalue weighted by Gasteiger charge is -2.37. The van der Waals surface area contributed by atoms with Gasteiger partial charge in [-0.1, -0.05) is 37.3 Å². The molecule has 0 radical (unpaired) electrons. The summed E-state index contributed by atoms with van der Waals surface area (Å²) in [7, 11) is 0. The Hall–Kier alpha value is -1.76. The van der Waals surface area contributed by atoms with Crippen LogP contribution >= 0.6 is 0 Å². The van der Waals surface area contributed by atoms with Crippen LogP contribution in [-0.4, -0.2) is 28.7 Å². The quantitative estimate of drug-likeness (QED) is 0.469. The third-order valence-corrected chi connectivity index (χ3v) is 4.73. The van der Waals surface area contributed by atoms with Gasteiger partial charge in [-0.3, -0.25) is 4.84 Å². The van der Waals surface area contributed by atoms with Crippen molar-refractivity contribution in [1.82, 2.24) is 5.48 Å². The van der Waals surface area contributed by atoms with Gasteiger partial charge in [-0.2, -0.15) is 10.3 Å². The van der Waals surface area contributed by atoms with Crippen molar-refractivity contribution in [3.05, 3.63) is 35.9 Å². The molecular formula is C20H31N2O4+. The highest BCUT2D eigenvalue weighted by atomic mass is 16.8. The SMILES string of the molecule is CC1CCC([N+](C=O)(OCc2ccccc2)C(=O)NOC(C)(C)C)CC1. The maximum Gasteiger partial charge on any atom is 0.480 e. The molecule has 3 amide bonds. The molecule has 1 aliphatic carbocycles. The summed E-state index contributed by atoms with van der Waals surface area (Å²) in [4.78, 5) is 36.4. The largest absolute Gasteiger partial charge is 0.480 e. The van der Waals surface area contributed by atoms with Crippen molar-refractivity contribution in [1.29, 1.82) is 0 Å². The maximum atomic E-state index is 12.9. The van der Waals surface area contributed by atoms with Gasteiger partial charge in [0, 0.05) is 12.8 Å². The van der Waals surface area contributed by atoms with E-state index in [9.17, 15) is 9.59 Å². The van der Waals surface area contributed by atoms with Crippen molar-refractivity contribution in [2.24, 2.45) is 5.92 Å². The Morgan fingerprint density at radius 1 is 1.19 bits per heavy atom. The average Bonchev–Trinajstić information content (AvgIpc) is 2.62. The van der Waals surface area contributed by atoms with Crippen LogP contribution in [-0.2, 0) is 21.1 Å². The second kappa shape index (κ2) is 8.75. The fraction of sp³-hybridized carbons (Fsp3) is 0.600. The summed E-state index contributed by atoms with van der Waals surface area (Å²) in [5.41, 5.74) is 2.78. The number of nitrogens with one attached hydrogen (secondary N) is 1. The molecule has 0 heterocycles. The van der Waals surface area contributed by atoms with Gasteiger partial charge >= 0.3 is 12.4 Å². The lowest BCUT2D eigenvalue weighted by molar-refractivity contribution is -0.997. The van der Waals surface area contributed by atoms with Gasteiger partial charge in [-0.15, -0.1) is 0 Å². The molecule has 0 aliphatic heterocycles. The van der Waals surface area contributed by atoms with Crippen LogP contribution in [0.2, 0.25) is 0 Å². The summed E-state index contributed by atoms with van der Waals surface area (Å²) in [5.74, 6) is 0.600. The van der Waals surface area contributed by atoms with E-state index >= 15 is 0 Å².